The molecule has 0 saturated carbocycles. The lowest BCUT2D eigenvalue weighted by Crippen LogP contribution is -2.29. The van der Waals surface area contributed by atoms with Gasteiger partial charge in [0.25, 0.3) is 10.0 Å². The number of anilines is 1. The number of H-pyrrole nitrogens is 1. The fourth-order valence-corrected chi connectivity index (χ4v) is 3.83. The number of fused-ring (bicyclic) bond motifs is 1. The SMILES string of the molecule is CC(N)c1ccc2c(c1)CCN2S(=O)(=O)c1cnc[nH]1. The molecule has 1 atom stereocenters. The molecule has 0 spiro atoms. The summed E-state index contributed by atoms with van der Waals surface area (Å²) in [6.45, 7) is 2.36. The summed E-state index contributed by atoms with van der Waals surface area (Å²) in [7, 11) is -3.56. The van der Waals surface area contributed by atoms with Gasteiger partial charge in [0.05, 0.1) is 18.2 Å². The van der Waals surface area contributed by atoms with Gasteiger partial charge in [-0.25, -0.2) is 4.98 Å². The number of hydrogen-bond acceptors (Lipinski definition) is 4. The number of imidazole rings is 1. The second-order valence-corrected chi connectivity index (χ2v) is 6.75. The Balaban J connectivity index is 2.02. The topological polar surface area (TPSA) is 92.1 Å². The Morgan fingerprint density at radius 2 is 2.25 bits per heavy atom. The fraction of sp³-hybridized carbons (Fsp3) is 0.308. The molecule has 106 valence electrons. The zero-order valence-corrected chi connectivity index (χ0v) is 11.9. The van der Waals surface area contributed by atoms with Crippen LogP contribution in [-0.4, -0.2) is 24.9 Å². The van der Waals surface area contributed by atoms with Crippen LogP contribution in [0.15, 0.2) is 35.7 Å². The number of hydrogen-bond donors (Lipinski definition) is 2. The summed E-state index contributed by atoms with van der Waals surface area (Å²) in [5, 5.41) is 0.113. The van der Waals surface area contributed by atoms with Crippen LogP contribution in [-0.2, 0) is 16.4 Å². The van der Waals surface area contributed by atoms with Gasteiger partial charge in [-0.1, -0.05) is 12.1 Å². The third-order valence-corrected chi connectivity index (χ3v) is 5.26. The maximum Gasteiger partial charge on any atom is 0.281 e. The van der Waals surface area contributed by atoms with E-state index >= 15 is 0 Å². The number of benzene rings is 1. The van der Waals surface area contributed by atoms with E-state index in [-0.39, 0.29) is 11.1 Å². The molecule has 1 aliphatic rings. The summed E-state index contributed by atoms with van der Waals surface area (Å²) in [4.78, 5) is 6.43. The first-order chi connectivity index (χ1) is 9.50. The van der Waals surface area contributed by atoms with E-state index in [1.165, 1.54) is 16.8 Å². The number of nitrogens with zero attached hydrogens (tertiary/aromatic N) is 2. The Labute approximate surface area is 117 Å². The molecule has 2 aromatic rings. The first kappa shape index (κ1) is 13.1. The van der Waals surface area contributed by atoms with Crippen LogP contribution >= 0.6 is 0 Å². The lowest BCUT2D eigenvalue weighted by Gasteiger charge is -2.18. The van der Waals surface area contributed by atoms with E-state index in [1.807, 2.05) is 25.1 Å². The number of rotatable bonds is 3. The van der Waals surface area contributed by atoms with Gasteiger partial charge in [-0.05, 0) is 30.5 Å². The van der Waals surface area contributed by atoms with Crippen molar-refractivity contribution in [2.75, 3.05) is 10.8 Å². The normalized spacial score (nSPS) is 16.2. The second-order valence-electron chi connectivity index (χ2n) is 4.92. The molecule has 20 heavy (non-hydrogen) atoms. The van der Waals surface area contributed by atoms with Crippen LogP contribution in [0.25, 0.3) is 0 Å². The molecule has 0 saturated heterocycles. The zero-order valence-electron chi connectivity index (χ0n) is 11.1. The summed E-state index contributed by atoms with van der Waals surface area (Å²) in [5.41, 5.74) is 8.62. The van der Waals surface area contributed by atoms with Crippen LogP contribution in [0.3, 0.4) is 0 Å². The standard InChI is InChI=1S/C13H16N4O2S/c1-9(14)10-2-3-12-11(6-10)4-5-17(12)20(18,19)13-7-15-8-16-13/h2-3,6-9H,4-5,14H2,1H3,(H,15,16). The third kappa shape index (κ3) is 1.99. The lowest BCUT2D eigenvalue weighted by atomic mass is 10.0. The van der Waals surface area contributed by atoms with Gasteiger partial charge in [-0.2, -0.15) is 8.42 Å². The minimum absolute atomic E-state index is 0.0569. The summed E-state index contributed by atoms with van der Waals surface area (Å²) >= 11 is 0. The average molecular weight is 292 g/mol. The number of aromatic nitrogens is 2. The molecular weight excluding hydrogens is 276 g/mol. The molecule has 7 heteroatoms. The first-order valence-electron chi connectivity index (χ1n) is 6.39. The van der Waals surface area contributed by atoms with Gasteiger partial charge in [0.1, 0.15) is 0 Å². The predicted octanol–water partition coefficient (Wildman–Crippen LogP) is 1.18. The van der Waals surface area contributed by atoms with Gasteiger partial charge in [0.2, 0.25) is 0 Å². The van der Waals surface area contributed by atoms with E-state index in [2.05, 4.69) is 9.97 Å². The van der Waals surface area contributed by atoms with Crippen molar-refractivity contribution in [2.24, 2.45) is 5.73 Å². The number of nitrogens with one attached hydrogen (secondary N) is 1. The highest BCUT2D eigenvalue weighted by Gasteiger charge is 2.31. The molecule has 1 aromatic heterocycles. The van der Waals surface area contributed by atoms with Crippen LogP contribution in [0.5, 0.6) is 0 Å². The Bertz CT molecular complexity index is 723. The molecule has 3 N–H and O–H groups in total. The van der Waals surface area contributed by atoms with E-state index in [9.17, 15) is 8.42 Å². The van der Waals surface area contributed by atoms with Crippen LogP contribution in [0.4, 0.5) is 5.69 Å². The highest BCUT2D eigenvalue weighted by atomic mass is 32.2. The maximum absolute atomic E-state index is 12.5. The molecule has 1 aliphatic heterocycles. The van der Waals surface area contributed by atoms with E-state index in [0.717, 1.165) is 16.8 Å². The van der Waals surface area contributed by atoms with Crippen molar-refractivity contribution in [2.45, 2.75) is 24.4 Å². The number of aromatic amines is 1. The summed E-state index contributed by atoms with van der Waals surface area (Å²) in [5.74, 6) is 0. The molecule has 0 amide bonds. The van der Waals surface area contributed by atoms with Crippen molar-refractivity contribution in [3.8, 4) is 0 Å². The average Bonchev–Trinajstić information content (AvgIpc) is 3.07. The predicted molar refractivity (Wildman–Crippen MR) is 75.9 cm³/mol. The quantitative estimate of drug-likeness (QED) is 0.888. The molecule has 0 bridgehead atoms. The number of nitrogens with two attached hydrogens (primary N) is 1. The largest absolute Gasteiger partial charge is 0.334 e. The van der Waals surface area contributed by atoms with Crippen molar-refractivity contribution < 1.29 is 8.42 Å². The van der Waals surface area contributed by atoms with Gasteiger partial charge in [0.15, 0.2) is 5.03 Å². The summed E-state index contributed by atoms with van der Waals surface area (Å²) in [6.07, 6.45) is 3.38. The van der Waals surface area contributed by atoms with Crippen molar-refractivity contribution >= 4 is 15.7 Å². The molecule has 6 nitrogen and oxygen atoms in total. The third-order valence-electron chi connectivity index (χ3n) is 3.52. The van der Waals surface area contributed by atoms with Crippen LogP contribution in [0.2, 0.25) is 0 Å². The van der Waals surface area contributed by atoms with Crippen LogP contribution in [0, 0.1) is 0 Å². The fourth-order valence-electron chi connectivity index (χ4n) is 2.43. The molecule has 1 aromatic carbocycles. The van der Waals surface area contributed by atoms with Gasteiger partial charge in [-0.15, -0.1) is 0 Å². The molecule has 1 unspecified atom stereocenters. The van der Waals surface area contributed by atoms with Crippen molar-refractivity contribution in [1.29, 1.82) is 0 Å². The van der Waals surface area contributed by atoms with Crippen LogP contribution in [0.1, 0.15) is 24.1 Å². The van der Waals surface area contributed by atoms with E-state index in [4.69, 9.17) is 5.73 Å². The second kappa shape index (κ2) is 4.60. The van der Waals surface area contributed by atoms with Gasteiger partial charge >= 0.3 is 0 Å². The minimum Gasteiger partial charge on any atom is -0.334 e. The molecular formula is C13H16N4O2S. The van der Waals surface area contributed by atoms with Crippen molar-refractivity contribution in [3.05, 3.63) is 41.9 Å². The van der Waals surface area contributed by atoms with Crippen molar-refractivity contribution in [1.82, 2.24) is 9.97 Å². The Morgan fingerprint density at radius 1 is 1.45 bits per heavy atom. The number of sulfonamides is 1. The molecule has 0 fully saturated rings. The van der Waals surface area contributed by atoms with Crippen molar-refractivity contribution in [3.63, 3.8) is 0 Å². The van der Waals surface area contributed by atoms with E-state index in [1.54, 1.807) is 0 Å². The summed E-state index contributed by atoms with van der Waals surface area (Å²) < 4.78 is 26.4. The molecule has 0 radical (unpaired) electrons. The maximum atomic E-state index is 12.5. The van der Waals surface area contributed by atoms with E-state index in [0.29, 0.717) is 13.0 Å². The van der Waals surface area contributed by atoms with E-state index < -0.39 is 10.0 Å². The smallest absolute Gasteiger partial charge is 0.281 e. The minimum atomic E-state index is -3.56. The monoisotopic (exact) mass is 292 g/mol. The Kier molecular flexibility index (Phi) is 3.02. The van der Waals surface area contributed by atoms with Gasteiger partial charge in [-0.3, -0.25) is 4.31 Å². The molecule has 2 heterocycles. The highest BCUT2D eigenvalue weighted by Crippen LogP contribution is 2.33. The highest BCUT2D eigenvalue weighted by molar-refractivity contribution is 7.92. The molecule has 3 rings (SSSR count). The summed E-state index contributed by atoms with van der Waals surface area (Å²) in [6, 6.07) is 5.64. The Morgan fingerprint density at radius 3 is 2.90 bits per heavy atom. The first-order valence-corrected chi connectivity index (χ1v) is 7.83. The van der Waals surface area contributed by atoms with Gasteiger partial charge in [0, 0.05) is 12.6 Å². The lowest BCUT2D eigenvalue weighted by molar-refractivity contribution is 0.589. The van der Waals surface area contributed by atoms with Gasteiger partial charge < -0.3 is 10.7 Å². The molecule has 0 aliphatic carbocycles. The Hall–Kier alpha value is -1.86. The van der Waals surface area contributed by atoms with Crippen LogP contribution < -0.4 is 10.0 Å². The zero-order chi connectivity index (χ0) is 14.3.